The zero-order valence-corrected chi connectivity index (χ0v) is 26.9. The van der Waals surface area contributed by atoms with Gasteiger partial charge in [0.1, 0.15) is 28.7 Å². The molecule has 218 valence electrons. The molecule has 0 aromatic heterocycles. The van der Waals surface area contributed by atoms with E-state index >= 15 is 0 Å². The number of ether oxygens (including phenoxy) is 3. The van der Waals surface area contributed by atoms with Gasteiger partial charge < -0.3 is 29.3 Å². The molecule has 0 aliphatic heterocycles. The maximum atomic E-state index is 13.9. The third-order valence-corrected chi connectivity index (χ3v) is 13.6. The van der Waals surface area contributed by atoms with E-state index in [1.165, 1.54) is 0 Å². The van der Waals surface area contributed by atoms with Crippen LogP contribution in [0.5, 0.6) is 28.7 Å². The Kier molecular flexibility index (Phi) is 9.04. The highest BCUT2D eigenvalue weighted by Gasteiger charge is 2.43. The summed E-state index contributed by atoms with van der Waals surface area (Å²) < 4.78 is 18.0. The van der Waals surface area contributed by atoms with E-state index in [1.54, 1.807) is 37.3 Å². The van der Waals surface area contributed by atoms with Crippen molar-refractivity contribution in [2.24, 2.45) is 0 Å². The molecule has 0 fully saturated rings. The summed E-state index contributed by atoms with van der Waals surface area (Å²) in [5.74, 6) is 1.22. The lowest BCUT2D eigenvalue weighted by molar-refractivity contribution is 0.0773. The van der Waals surface area contributed by atoms with Crippen LogP contribution >= 0.6 is 0 Å². The number of amides is 1. The number of fused-ring (bicyclic) bond motifs is 1. The minimum absolute atomic E-state index is 0.0243. The van der Waals surface area contributed by atoms with Crippen LogP contribution in [0.25, 0.3) is 21.9 Å². The Morgan fingerprint density at radius 2 is 1.62 bits per heavy atom. The van der Waals surface area contributed by atoms with E-state index in [0.29, 0.717) is 57.4 Å². The van der Waals surface area contributed by atoms with E-state index in [4.69, 9.17) is 14.2 Å². The first kappa shape index (κ1) is 31.1. The third kappa shape index (κ3) is 5.33. The molecule has 0 aliphatic carbocycles. The summed E-state index contributed by atoms with van der Waals surface area (Å²) in [5, 5.41) is 25.0. The number of phenolic OH excluding ortho intramolecular Hbond substituents is 2. The number of carbonyl (C=O) groups excluding carboxylic acids is 1. The predicted octanol–water partition coefficient (Wildman–Crippen LogP) is 6.92. The zero-order chi connectivity index (χ0) is 30.2. The van der Waals surface area contributed by atoms with Crippen LogP contribution in [0.15, 0.2) is 30.3 Å². The van der Waals surface area contributed by atoms with E-state index < -0.39 is 8.07 Å². The van der Waals surface area contributed by atoms with E-state index in [9.17, 15) is 15.0 Å². The highest BCUT2D eigenvalue weighted by Crippen LogP contribution is 2.50. The van der Waals surface area contributed by atoms with Crippen molar-refractivity contribution in [3.8, 4) is 39.9 Å². The van der Waals surface area contributed by atoms with Crippen molar-refractivity contribution >= 4 is 29.9 Å². The number of hydrogen-bond acceptors (Lipinski definition) is 6. The maximum Gasteiger partial charge on any atom is 0.254 e. The van der Waals surface area contributed by atoms with Gasteiger partial charge in [-0.1, -0.05) is 46.0 Å². The molecule has 0 bridgehead atoms. The first-order valence-corrected chi connectivity index (χ1v) is 16.9. The van der Waals surface area contributed by atoms with Crippen molar-refractivity contribution in [3.63, 3.8) is 0 Å². The lowest BCUT2D eigenvalue weighted by Crippen LogP contribution is -2.50. The Balaban J connectivity index is 2.58. The van der Waals surface area contributed by atoms with Crippen molar-refractivity contribution in [3.05, 3.63) is 35.9 Å². The number of carbonyl (C=O) groups is 1. The van der Waals surface area contributed by atoms with Crippen molar-refractivity contribution < 1.29 is 29.2 Å². The molecular weight excluding hydrogens is 522 g/mol. The largest absolute Gasteiger partial charge is 0.508 e. The fraction of sp³-hybridized carbons (Fsp3) is 0.469. The Bertz CT molecular complexity index is 1400. The smallest absolute Gasteiger partial charge is 0.254 e. The first-order chi connectivity index (χ1) is 18.7. The summed E-state index contributed by atoms with van der Waals surface area (Å²) >= 11 is 0. The van der Waals surface area contributed by atoms with Crippen LogP contribution in [0.2, 0.25) is 18.1 Å². The molecule has 0 radical (unpaired) electrons. The van der Waals surface area contributed by atoms with E-state index in [2.05, 4.69) is 33.9 Å². The van der Waals surface area contributed by atoms with Gasteiger partial charge in [-0.3, -0.25) is 4.79 Å². The molecule has 3 aromatic rings. The molecule has 0 aliphatic rings. The number of benzene rings is 3. The maximum absolute atomic E-state index is 13.9. The van der Waals surface area contributed by atoms with Crippen molar-refractivity contribution in [1.29, 1.82) is 0 Å². The molecule has 0 heterocycles. The van der Waals surface area contributed by atoms with Crippen LogP contribution in [-0.2, 0) is 0 Å². The molecule has 8 heteroatoms. The number of hydrogen-bond donors (Lipinski definition) is 2. The Morgan fingerprint density at radius 3 is 2.12 bits per heavy atom. The monoisotopic (exact) mass is 567 g/mol. The van der Waals surface area contributed by atoms with E-state index in [0.717, 1.165) is 0 Å². The second-order valence-electron chi connectivity index (χ2n) is 11.9. The quantitative estimate of drug-likeness (QED) is 0.273. The summed E-state index contributed by atoms with van der Waals surface area (Å²) in [7, 11) is 0.704. The van der Waals surface area contributed by atoms with Gasteiger partial charge in [-0.25, -0.2) is 0 Å². The van der Waals surface area contributed by atoms with Crippen LogP contribution in [0.3, 0.4) is 0 Å². The second-order valence-corrected chi connectivity index (χ2v) is 17.1. The summed E-state index contributed by atoms with van der Waals surface area (Å²) in [5.41, 5.74) is 1.08. The Morgan fingerprint density at radius 1 is 1.00 bits per heavy atom. The molecule has 0 atom stereocenters. The third-order valence-electron chi connectivity index (χ3n) is 8.16. The minimum Gasteiger partial charge on any atom is -0.508 e. The number of phenols is 2. The molecule has 0 saturated heterocycles. The van der Waals surface area contributed by atoms with Crippen molar-refractivity contribution in [2.45, 2.75) is 72.7 Å². The van der Waals surface area contributed by atoms with Gasteiger partial charge in [-0.05, 0) is 50.9 Å². The van der Waals surface area contributed by atoms with Gasteiger partial charge in [0.15, 0.2) is 0 Å². The lowest BCUT2D eigenvalue weighted by atomic mass is 9.93. The molecule has 0 saturated carbocycles. The number of nitrogens with zero attached hydrogens (tertiary/aromatic N) is 1. The fourth-order valence-corrected chi connectivity index (χ4v) is 7.31. The van der Waals surface area contributed by atoms with E-state index in [-0.39, 0.29) is 34.1 Å². The standard InChI is InChI=1S/C32H45NO6Si/c1-12-33(13-2)31(36)22-17-23(34)30(40(10,11)32(5,6)7)29(38-9)26(22)21-18-25(37-8)27-20(28(21)35)15-14-16-24(27)39-19(3)4/h14-19,34-35H,12-13H2,1-11H3. The van der Waals surface area contributed by atoms with Gasteiger partial charge in [0.05, 0.1) is 39.3 Å². The molecule has 3 aromatic carbocycles. The van der Waals surface area contributed by atoms with Crippen LogP contribution < -0.4 is 19.4 Å². The van der Waals surface area contributed by atoms with Gasteiger partial charge in [-0.15, -0.1) is 0 Å². The van der Waals surface area contributed by atoms with Gasteiger partial charge >= 0.3 is 0 Å². The summed E-state index contributed by atoms with van der Waals surface area (Å²) in [6, 6.07) is 8.74. The Hall–Kier alpha value is -3.39. The fourth-order valence-electron chi connectivity index (χ4n) is 5.05. The molecule has 1 amide bonds. The average molecular weight is 568 g/mol. The van der Waals surface area contributed by atoms with E-state index in [1.807, 2.05) is 39.8 Å². The molecular formula is C32H45NO6Si. The van der Waals surface area contributed by atoms with Gasteiger partial charge in [0.2, 0.25) is 0 Å². The molecule has 40 heavy (non-hydrogen) atoms. The minimum atomic E-state index is -2.41. The number of aromatic hydroxyl groups is 2. The van der Waals surface area contributed by atoms with Gasteiger partial charge in [0, 0.05) is 34.8 Å². The van der Waals surface area contributed by atoms with Gasteiger partial charge in [0.25, 0.3) is 5.91 Å². The first-order valence-electron chi connectivity index (χ1n) is 13.9. The second kappa shape index (κ2) is 11.6. The number of methoxy groups -OCH3 is 2. The van der Waals surface area contributed by atoms with Crippen molar-refractivity contribution in [2.75, 3.05) is 27.3 Å². The molecule has 3 rings (SSSR count). The van der Waals surface area contributed by atoms with Gasteiger partial charge in [-0.2, -0.15) is 0 Å². The molecule has 2 N–H and O–H groups in total. The average Bonchev–Trinajstić information content (AvgIpc) is 2.88. The number of rotatable bonds is 9. The van der Waals surface area contributed by atoms with Crippen LogP contribution in [0, 0.1) is 0 Å². The molecule has 7 nitrogen and oxygen atoms in total. The highest BCUT2D eigenvalue weighted by atomic mass is 28.3. The highest BCUT2D eigenvalue weighted by molar-refractivity contribution is 6.93. The van der Waals surface area contributed by atoms with Crippen LogP contribution in [-0.4, -0.2) is 62.5 Å². The normalized spacial score (nSPS) is 12.1. The lowest BCUT2D eigenvalue weighted by Gasteiger charge is -2.39. The Labute approximate surface area is 239 Å². The predicted molar refractivity (Wildman–Crippen MR) is 166 cm³/mol. The SMILES string of the molecule is CCN(CC)C(=O)c1cc(O)c([Si](C)(C)C(C)(C)C)c(OC)c1-c1cc(OC)c2c(OC(C)C)cccc2c1O. The topological polar surface area (TPSA) is 88.5 Å². The van der Waals surface area contributed by atoms with Crippen molar-refractivity contribution in [1.82, 2.24) is 4.90 Å². The van der Waals surface area contributed by atoms with Crippen LogP contribution in [0.1, 0.15) is 58.8 Å². The molecule has 0 unspecified atom stereocenters. The zero-order valence-electron chi connectivity index (χ0n) is 25.9. The summed E-state index contributed by atoms with van der Waals surface area (Å²) in [4.78, 5) is 15.6. The summed E-state index contributed by atoms with van der Waals surface area (Å²) in [6.45, 7) is 19.5. The molecule has 0 spiro atoms. The van der Waals surface area contributed by atoms with Crippen LogP contribution in [0.4, 0.5) is 0 Å². The summed E-state index contributed by atoms with van der Waals surface area (Å²) in [6.07, 6.45) is -0.0836.